The molecule has 0 saturated carbocycles. The number of anilines is 2. The van der Waals surface area contributed by atoms with Gasteiger partial charge >= 0.3 is 0 Å². The van der Waals surface area contributed by atoms with Crippen molar-refractivity contribution in [1.29, 1.82) is 0 Å². The van der Waals surface area contributed by atoms with Crippen LogP contribution in [0, 0.1) is 5.82 Å². The van der Waals surface area contributed by atoms with Crippen LogP contribution in [0.4, 0.5) is 16.0 Å². The molecule has 0 aliphatic carbocycles. The van der Waals surface area contributed by atoms with E-state index in [1.807, 2.05) is 6.26 Å². The average molecular weight is 550 g/mol. The van der Waals surface area contributed by atoms with Crippen LogP contribution in [0.25, 0.3) is 27.8 Å². The van der Waals surface area contributed by atoms with Crippen molar-refractivity contribution in [3.63, 3.8) is 0 Å². The number of amides is 1. The van der Waals surface area contributed by atoms with Crippen molar-refractivity contribution in [1.82, 2.24) is 24.3 Å². The minimum Gasteiger partial charge on any atom is -0.357 e. The van der Waals surface area contributed by atoms with Gasteiger partial charge in [-0.05, 0) is 54.8 Å². The molecule has 5 aromatic rings. The predicted octanol–water partition coefficient (Wildman–Crippen LogP) is 4.99. The van der Waals surface area contributed by atoms with E-state index in [0.717, 1.165) is 0 Å². The van der Waals surface area contributed by atoms with Crippen LogP contribution in [0.3, 0.4) is 0 Å². The van der Waals surface area contributed by atoms with Crippen LogP contribution in [0.1, 0.15) is 10.5 Å². The Hall–Kier alpha value is -4.22. The predicted molar refractivity (Wildman–Crippen MR) is 148 cm³/mol. The number of nitrogens with one attached hydrogen (secondary N) is 2. The van der Waals surface area contributed by atoms with E-state index in [2.05, 4.69) is 25.7 Å². The maximum Gasteiger partial charge on any atom is 0.276 e. The van der Waals surface area contributed by atoms with E-state index in [9.17, 15) is 14.0 Å². The fourth-order valence-electron chi connectivity index (χ4n) is 3.95. The molecule has 5 rings (SSSR count). The van der Waals surface area contributed by atoms with Gasteiger partial charge in [-0.25, -0.2) is 14.1 Å². The number of nitrogens with zero attached hydrogens (tertiary/aromatic N) is 5. The van der Waals surface area contributed by atoms with Crippen LogP contribution in [-0.2, 0) is 7.05 Å². The van der Waals surface area contributed by atoms with Gasteiger partial charge in [0.2, 0.25) is 5.95 Å². The second-order valence-electron chi connectivity index (χ2n) is 8.25. The molecule has 2 aromatic carbocycles. The van der Waals surface area contributed by atoms with E-state index in [-0.39, 0.29) is 17.1 Å². The molecule has 38 heavy (non-hydrogen) atoms. The monoisotopic (exact) mass is 549 g/mol. The maximum atomic E-state index is 13.4. The molecular weight excluding hydrogens is 529 g/mol. The Morgan fingerprint density at radius 2 is 1.84 bits per heavy atom. The van der Waals surface area contributed by atoms with Gasteiger partial charge in [-0.3, -0.25) is 14.2 Å². The van der Waals surface area contributed by atoms with Crippen molar-refractivity contribution in [3.05, 3.63) is 87.7 Å². The Bertz CT molecular complexity index is 1750. The number of thioether (sulfide) groups is 1. The van der Waals surface area contributed by atoms with Crippen LogP contribution >= 0.6 is 23.4 Å². The van der Waals surface area contributed by atoms with Crippen LogP contribution in [0.5, 0.6) is 0 Å². The van der Waals surface area contributed by atoms with Gasteiger partial charge in [0.05, 0.1) is 5.69 Å². The molecule has 0 unspecified atom stereocenters. The van der Waals surface area contributed by atoms with E-state index in [0.29, 0.717) is 49.5 Å². The molecule has 0 radical (unpaired) electrons. The molecule has 9 nitrogen and oxygen atoms in total. The quantitative estimate of drug-likeness (QED) is 0.287. The zero-order chi connectivity index (χ0) is 27.0. The Morgan fingerprint density at radius 1 is 1.08 bits per heavy atom. The first-order valence-corrected chi connectivity index (χ1v) is 12.9. The number of benzene rings is 2. The lowest BCUT2D eigenvalue weighted by Crippen LogP contribution is -2.20. The van der Waals surface area contributed by atoms with Crippen LogP contribution in [0.15, 0.2) is 70.6 Å². The minimum atomic E-state index is -0.450. The van der Waals surface area contributed by atoms with Crippen LogP contribution < -0.4 is 16.2 Å². The number of hydrogen-bond donors (Lipinski definition) is 2. The molecule has 0 spiro atoms. The number of halogens is 2. The number of fused-ring (bicyclic) bond motifs is 1. The van der Waals surface area contributed by atoms with Crippen LogP contribution in [0.2, 0.25) is 5.02 Å². The van der Waals surface area contributed by atoms with Gasteiger partial charge in [0, 0.05) is 53.6 Å². The third-order valence-corrected chi connectivity index (χ3v) is 6.91. The van der Waals surface area contributed by atoms with Gasteiger partial charge in [0.25, 0.3) is 11.5 Å². The number of pyridine rings is 1. The molecule has 3 heterocycles. The molecule has 192 valence electrons. The third-order valence-electron chi connectivity index (χ3n) is 5.88. The average Bonchev–Trinajstić information content (AvgIpc) is 3.37. The first kappa shape index (κ1) is 25.4. The molecule has 0 bridgehead atoms. The van der Waals surface area contributed by atoms with E-state index in [1.165, 1.54) is 28.5 Å². The van der Waals surface area contributed by atoms with Gasteiger partial charge in [-0.2, -0.15) is 10.1 Å². The van der Waals surface area contributed by atoms with Crippen molar-refractivity contribution in [2.24, 2.45) is 7.05 Å². The largest absolute Gasteiger partial charge is 0.357 e. The topological polar surface area (TPSA) is 107 Å². The Kier molecular flexibility index (Phi) is 6.87. The highest BCUT2D eigenvalue weighted by molar-refractivity contribution is 7.98. The number of hydrogen-bond acceptors (Lipinski definition) is 7. The lowest BCUT2D eigenvalue weighted by Gasteiger charge is -2.12. The summed E-state index contributed by atoms with van der Waals surface area (Å²) in [5.41, 5.74) is 2.20. The molecule has 12 heteroatoms. The highest BCUT2D eigenvalue weighted by Gasteiger charge is 2.18. The van der Waals surface area contributed by atoms with Gasteiger partial charge in [0.15, 0.2) is 5.69 Å². The van der Waals surface area contributed by atoms with E-state index >= 15 is 0 Å². The molecule has 0 aliphatic rings. The Balaban J connectivity index is 1.48. The summed E-state index contributed by atoms with van der Waals surface area (Å²) < 4.78 is 16.4. The standard InChI is InChI=1S/C26H21ClFN7O2S/c1-29-26-30-13-14-10-19(25(37)34(2)23(14)32-26)18-11-16(6-9-20(18)27)31-24(36)21-12-22(38-3)35(33-21)17-7-4-15(28)5-8-17/h4-13H,1-3H3,(H,31,36)(H,29,30,32). The molecular formula is C26H21ClFN7O2S. The third kappa shape index (κ3) is 4.73. The molecule has 0 saturated heterocycles. The molecule has 0 aliphatic heterocycles. The lowest BCUT2D eigenvalue weighted by atomic mass is 10.0. The molecule has 0 fully saturated rings. The summed E-state index contributed by atoms with van der Waals surface area (Å²) in [6, 6.07) is 14.1. The maximum absolute atomic E-state index is 13.4. The fraction of sp³-hybridized carbons (Fsp3) is 0.115. The van der Waals surface area contributed by atoms with Crippen molar-refractivity contribution in [2.75, 3.05) is 23.9 Å². The second-order valence-corrected chi connectivity index (χ2v) is 9.49. The van der Waals surface area contributed by atoms with Crippen molar-refractivity contribution < 1.29 is 9.18 Å². The van der Waals surface area contributed by atoms with E-state index in [1.54, 1.807) is 67.4 Å². The summed E-state index contributed by atoms with van der Waals surface area (Å²) in [7, 11) is 3.32. The van der Waals surface area contributed by atoms with E-state index in [4.69, 9.17) is 11.6 Å². The highest BCUT2D eigenvalue weighted by Crippen LogP contribution is 2.31. The van der Waals surface area contributed by atoms with Crippen molar-refractivity contribution in [3.8, 4) is 16.8 Å². The Labute approximate surface area is 225 Å². The van der Waals surface area contributed by atoms with Crippen molar-refractivity contribution >= 4 is 51.9 Å². The fourth-order valence-corrected chi connectivity index (χ4v) is 4.72. The highest BCUT2D eigenvalue weighted by atomic mass is 35.5. The van der Waals surface area contributed by atoms with Gasteiger partial charge in [-0.1, -0.05) is 11.6 Å². The van der Waals surface area contributed by atoms with Gasteiger partial charge in [-0.15, -0.1) is 11.8 Å². The summed E-state index contributed by atoms with van der Waals surface area (Å²) in [6.45, 7) is 0. The molecule has 0 atom stereocenters. The molecule has 1 amide bonds. The number of aryl methyl sites for hydroxylation is 1. The summed E-state index contributed by atoms with van der Waals surface area (Å²) in [5, 5.41) is 11.8. The smallest absolute Gasteiger partial charge is 0.276 e. The minimum absolute atomic E-state index is 0.175. The number of rotatable bonds is 6. The summed E-state index contributed by atoms with van der Waals surface area (Å²) in [4.78, 5) is 34.9. The zero-order valence-electron chi connectivity index (χ0n) is 20.5. The first-order valence-electron chi connectivity index (χ1n) is 11.3. The zero-order valence-corrected chi connectivity index (χ0v) is 22.1. The number of carbonyl (C=O) groups excluding carboxylic acids is 1. The molecule has 3 aromatic heterocycles. The number of aromatic nitrogens is 5. The number of carbonyl (C=O) groups is 1. The summed E-state index contributed by atoms with van der Waals surface area (Å²) in [6.07, 6.45) is 3.48. The lowest BCUT2D eigenvalue weighted by molar-refractivity contribution is 0.102. The second kappa shape index (κ2) is 10.3. The summed E-state index contributed by atoms with van der Waals surface area (Å²) in [5.74, 6) is -0.414. The van der Waals surface area contributed by atoms with E-state index < -0.39 is 5.91 Å². The van der Waals surface area contributed by atoms with Gasteiger partial charge in [0.1, 0.15) is 16.5 Å². The normalized spacial score (nSPS) is 11.1. The molecule has 2 N–H and O–H groups in total. The van der Waals surface area contributed by atoms with Gasteiger partial charge < -0.3 is 10.6 Å². The van der Waals surface area contributed by atoms with Crippen molar-refractivity contribution in [2.45, 2.75) is 5.03 Å². The van der Waals surface area contributed by atoms with Crippen LogP contribution in [-0.4, -0.2) is 43.5 Å². The summed E-state index contributed by atoms with van der Waals surface area (Å²) >= 11 is 7.89. The Morgan fingerprint density at radius 3 is 2.55 bits per heavy atom. The first-order chi connectivity index (χ1) is 18.3. The SMILES string of the molecule is CNc1ncc2cc(-c3cc(NC(=O)c4cc(SC)n(-c5ccc(F)cc5)n4)ccc3Cl)c(=O)n(C)c2n1.